The van der Waals surface area contributed by atoms with Gasteiger partial charge >= 0.3 is 0 Å². The van der Waals surface area contributed by atoms with Crippen molar-refractivity contribution < 1.29 is 0 Å². The third kappa shape index (κ3) is 4.28. The molecule has 0 radical (unpaired) electrons. The van der Waals surface area contributed by atoms with Crippen LogP contribution in [-0.2, 0) is 6.42 Å². The van der Waals surface area contributed by atoms with E-state index in [1.54, 1.807) is 0 Å². The Kier molecular flexibility index (Phi) is 4.97. The highest BCUT2D eigenvalue weighted by Gasteiger charge is 1.96. The number of nitrogens with two attached hydrogens (primary N) is 1. The molecule has 18 heavy (non-hydrogen) atoms. The van der Waals surface area contributed by atoms with Crippen LogP contribution >= 0.6 is 23.4 Å². The Labute approximate surface area is 117 Å². The van der Waals surface area contributed by atoms with Crippen molar-refractivity contribution in [2.45, 2.75) is 17.7 Å². The molecule has 0 saturated heterocycles. The summed E-state index contributed by atoms with van der Waals surface area (Å²) in [6.07, 6.45) is 2.26. The van der Waals surface area contributed by atoms with Gasteiger partial charge in [-0.15, -0.1) is 11.8 Å². The minimum Gasteiger partial charge on any atom is -0.399 e. The number of hydrogen-bond acceptors (Lipinski definition) is 2. The lowest BCUT2D eigenvalue weighted by atomic mass is 10.1. The molecular weight excluding hydrogens is 262 g/mol. The molecule has 2 N–H and O–H groups in total. The zero-order valence-electron chi connectivity index (χ0n) is 10.1. The van der Waals surface area contributed by atoms with Crippen LogP contribution in [0.4, 0.5) is 5.69 Å². The molecule has 2 rings (SSSR count). The van der Waals surface area contributed by atoms with Gasteiger partial charge < -0.3 is 5.73 Å². The summed E-state index contributed by atoms with van der Waals surface area (Å²) in [5.74, 6) is 1.12. The molecule has 94 valence electrons. The summed E-state index contributed by atoms with van der Waals surface area (Å²) in [5, 5.41) is 0.793. The lowest BCUT2D eigenvalue weighted by Crippen LogP contribution is -1.89. The number of halogens is 1. The topological polar surface area (TPSA) is 26.0 Å². The first-order valence-electron chi connectivity index (χ1n) is 5.97. The molecule has 0 saturated carbocycles. The highest BCUT2D eigenvalue weighted by molar-refractivity contribution is 7.99. The molecule has 0 aliphatic rings. The molecule has 0 fully saturated rings. The van der Waals surface area contributed by atoms with E-state index < -0.39 is 0 Å². The normalized spacial score (nSPS) is 10.5. The standard InChI is InChI=1S/C15H16ClNS/c16-13-5-9-15(10-6-13)18-11-1-2-12-3-7-14(17)8-4-12/h3-10H,1-2,11,17H2. The molecule has 0 heterocycles. The summed E-state index contributed by atoms with van der Waals surface area (Å²) >= 11 is 7.71. The molecule has 0 atom stereocenters. The summed E-state index contributed by atoms with van der Waals surface area (Å²) < 4.78 is 0. The van der Waals surface area contributed by atoms with Crippen LogP contribution in [0.25, 0.3) is 0 Å². The third-order valence-corrected chi connectivity index (χ3v) is 4.02. The highest BCUT2D eigenvalue weighted by Crippen LogP contribution is 2.21. The van der Waals surface area contributed by atoms with E-state index >= 15 is 0 Å². The first-order chi connectivity index (χ1) is 8.74. The van der Waals surface area contributed by atoms with E-state index in [1.807, 2.05) is 36.0 Å². The van der Waals surface area contributed by atoms with E-state index in [9.17, 15) is 0 Å². The van der Waals surface area contributed by atoms with E-state index in [2.05, 4.69) is 24.3 Å². The van der Waals surface area contributed by atoms with E-state index in [4.69, 9.17) is 17.3 Å². The molecule has 0 amide bonds. The van der Waals surface area contributed by atoms with Gasteiger partial charge in [0.15, 0.2) is 0 Å². The SMILES string of the molecule is Nc1ccc(CCCSc2ccc(Cl)cc2)cc1. The van der Waals surface area contributed by atoms with Gasteiger partial charge in [0.2, 0.25) is 0 Å². The molecule has 0 aliphatic heterocycles. The lowest BCUT2D eigenvalue weighted by molar-refractivity contribution is 0.933. The fraction of sp³-hybridized carbons (Fsp3) is 0.200. The number of rotatable bonds is 5. The Morgan fingerprint density at radius 1 is 0.944 bits per heavy atom. The maximum Gasteiger partial charge on any atom is 0.0406 e. The largest absolute Gasteiger partial charge is 0.399 e. The fourth-order valence-electron chi connectivity index (χ4n) is 1.68. The molecule has 3 heteroatoms. The predicted octanol–water partition coefficient (Wildman–Crippen LogP) is 4.65. The van der Waals surface area contributed by atoms with Crippen molar-refractivity contribution in [2.75, 3.05) is 11.5 Å². The summed E-state index contributed by atoms with van der Waals surface area (Å²) in [4.78, 5) is 1.27. The highest BCUT2D eigenvalue weighted by atomic mass is 35.5. The van der Waals surface area contributed by atoms with Gasteiger partial charge in [-0.25, -0.2) is 0 Å². The lowest BCUT2D eigenvalue weighted by Gasteiger charge is -2.03. The summed E-state index contributed by atoms with van der Waals surface area (Å²) in [6.45, 7) is 0. The van der Waals surface area contributed by atoms with Gasteiger partial charge in [0, 0.05) is 15.6 Å². The van der Waals surface area contributed by atoms with Crippen molar-refractivity contribution in [1.82, 2.24) is 0 Å². The van der Waals surface area contributed by atoms with Crippen LogP contribution in [0, 0.1) is 0 Å². The van der Waals surface area contributed by atoms with Crippen LogP contribution in [0.2, 0.25) is 5.02 Å². The number of hydrogen-bond donors (Lipinski definition) is 1. The zero-order chi connectivity index (χ0) is 12.8. The molecule has 0 aliphatic carbocycles. The van der Waals surface area contributed by atoms with Gasteiger partial charge in [-0.2, -0.15) is 0 Å². The Hall–Kier alpha value is -1.12. The molecule has 1 nitrogen and oxygen atoms in total. The van der Waals surface area contributed by atoms with Gasteiger partial charge in [-0.05, 0) is 60.6 Å². The first-order valence-corrected chi connectivity index (χ1v) is 7.33. The van der Waals surface area contributed by atoms with Gasteiger partial charge in [-0.1, -0.05) is 23.7 Å². The van der Waals surface area contributed by atoms with Crippen molar-refractivity contribution in [2.24, 2.45) is 0 Å². The van der Waals surface area contributed by atoms with E-state index in [-0.39, 0.29) is 0 Å². The van der Waals surface area contributed by atoms with Gasteiger partial charge in [0.1, 0.15) is 0 Å². The Bertz CT molecular complexity index is 431. The number of anilines is 1. The van der Waals surface area contributed by atoms with Crippen LogP contribution in [0.15, 0.2) is 53.4 Å². The number of thioether (sulfide) groups is 1. The quantitative estimate of drug-likeness (QED) is 0.489. The number of aryl methyl sites for hydroxylation is 1. The molecule has 2 aromatic rings. The van der Waals surface area contributed by atoms with Crippen LogP contribution in [0.5, 0.6) is 0 Å². The van der Waals surface area contributed by atoms with Crippen molar-refractivity contribution in [3.8, 4) is 0 Å². The smallest absolute Gasteiger partial charge is 0.0406 e. The summed E-state index contributed by atoms with van der Waals surface area (Å²) in [6, 6.07) is 16.1. The van der Waals surface area contributed by atoms with Crippen molar-refractivity contribution in [3.05, 3.63) is 59.1 Å². The second-order valence-corrected chi connectivity index (χ2v) is 5.75. The first kappa shape index (κ1) is 13.3. The van der Waals surface area contributed by atoms with Crippen LogP contribution in [0.1, 0.15) is 12.0 Å². The van der Waals surface area contributed by atoms with Gasteiger partial charge in [-0.3, -0.25) is 0 Å². The third-order valence-electron chi connectivity index (χ3n) is 2.67. The monoisotopic (exact) mass is 277 g/mol. The predicted molar refractivity (Wildman–Crippen MR) is 81.4 cm³/mol. The van der Waals surface area contributed by atoms with E-state index in [0.717, 1.165) is 29.3 Å². The maximum atomic E-state index is 5.85. The Morgan fingerprint density at radius 3 is 2.28 bits per heavy atom. The molecule has 0 spiro atoms. The number of nitrogen functional groups attached to an aromatic ring is 1. The Balaban J connectivity index is 1.73. The van der Waals surface area contributed by atoms with Crippen LogP contribution in [0.3, 0.4) is 0 Å². The van der Waals surface area contributed by atoms with Crippen molar-refractivity contribution >= 4 is 29.1 Å². The summed E-state index contributed by atoms with van der Waals surface area (Å²) in [7, 11) is 0. The fourth-order valence-corrected chi connectivity index (χ4v) is 2.66. The molecule has 0 aromatic heterocycles. The van der Waals surface area contributed by atoms with Crippen molar-refractivity contribution in [1.29, 1.82) is 0 Å². The second-order valence-electron chi connectivity index (χ2n) is 4.15. The van der Waals surface area contributed by atoms with Crippen LogP contribution < -0.4 is 5.73 Å². The number of benzene rings is 2. The Morgan fingerprint density at radius 2 is 1.61 bits per heavy atom. The van der Waals surface area contributed by atoms with Gasteiger partial charge in [0.05, 0.1) is 0 Å². The average Bonchev–Trinajstić information content (AvgIpc) is 2.39. The minimum atomic E-state index is 0.793. The van der Waals surface area contributed by atoms with E-state index in [0.29, 0.717) is 0 Å². The molecule has 2 aromatic carbocycles. The molecule has 0 bridgehead atoms. The van der Waals surface area contributed by atoms with E-state index in [1.165, 1.54) is 10.5 Å². The summed E-state index contributed by atoms with van der Waals surface area (Å²) in [5.41, 5.74) is 7.83. The van der Waals surface area contributed by atoms with Crippen LogP contribution in [-0.4, -0.2) is 5.75 Å². The average molecular weight is 278 g/mol. The molecular formula is C15H16ClNS. The molecule has 0 unspecified atom stereocenters. The van der Waals surface area contributed by atoms with Gasteiger partial charge in [0.25, 0.3) is 0 Å². The minimum absolute atomic E-state index is 0.793. The zero-order valence-corrected chi connectivity index (χ0v) is 11.7. The maximum absolute atomic E-state index is 5.85. The second kappa shape index (κ2) is 6.72. The van der Waals surface area contributed by atoms with Crippen molar-refractivity contribution in [3.63, 3.8) is 0 Å².